The Kier molecular flexibility index (Phi) is 10.6. The molecule has 3 atom stereocenters. The number of amides is 2. The Morgan fingerprint density at radius 1 is 1.08 bits per heavy atom. The number of halogens is 2. The van der Waals surface area contributed by atoms with Crippen LogP contribution in [0.25, 0.3) is 11.1 Å². The number of carbonyl (C=O) groups excluding carboxylic acids is 1. The first-order valence-electron chi connectivity index (χ1n) is 12.7. The molecular weight excluding hydrogens is 511 g/mol. The van der Waals surface area contributed by atoms with Crippen LogP contribution < -0.4 is 10.2 Å². The second-order valence-electron chi connectivity index (χ2n) is 10.3. The molecule has 2 aliphatic rings. The van der Waals surface area contributed by atoms with E-state index in [1.54, 1.807) is 6.92 Å². The van der Waals surface area contributed by atoms with Crippen LogP contribution >= 0.6 is 24.8 Å². The molecule has 7 nitrogen and oxygen atoms in total. The molecule has 2 aliphatic heterocycles. The highest BCUT2D eigenvalue weighted by Crippen LogP contribution is 2.45. The van der Waals surface area contributed by atoms with Crippen LogP contribution in [0.2, 0.25) is 0 Å². The van der Waals surface area contributed by atoms with Crippen LogP contribution in [-0.4, -0.2) is 65.7 Å². The maximum Gasteiger partial charge on any atom is 0.407 e. The first kappa shape index (κ1) is 31.1. The molecule has 0 aliphatic carbocycles. The second-order valence-corrected chi connectivity index (χ2v) is 10.3. The maximum absolute atomic E-state index is 12.8. The molecule has 37 heavy (non-hydrogen) atoms. The Balaban J connectivity index is 0.00000241. The fourth-order valence-electron chi connectivity index (χ4n) is 5.76. The molecule has 2 aromatic rings. The van der Waals surface area contributed by atoms with E-state index in [0.717, 1.165) is 54.9 Å². The summed E-state index contributed by atoms with van der Waals surface area (Å²) in [6.45, 7) is 8.93. The quantitative estimate of drug-likeness (QED) is 0.483. The minimum atomic E-state index is -0.928. The Labute approximate surface area is 233 Å². The largest absolute Gasteiger partial charge is 0.465 e. The summed E-state index contributed by atoms with van der Waals surface area (Å²) in [5.74, 6) is 0.0614. The first-order valence-corrected chi connectivity index (χ1v) is 12.7. The topological polar surface area (TPSA) is 86.9 Å². The fraction of sp³-hybridized carbons (Fsp3) is 0.500. The van der Waals surface area contributed by atoms with E-state index in [-0.39, 0.29) is 47.3 Å². The number of rotatable bonds is 5. The molecule has 0 saturated carbocycles. The first-order chi connectivity index (χ1) is 16.6. The van der Waals surface area contributed by atoms with Crippen LogP contribution in [0, 0.1) is 0 Å². The van der Waals surface area contributed by atoms with Crippen LogP contribution in [0.4, 0.5) is 10.5 Å². The van der Waals surface area contributed by atoms with Crippen molar-refractivity contribution < 1.29 is 14.7 Å². The van der Waals surface area contributed by atoms with Crippen molar-refractivity contribution in [3.05, 3.63) is 53.6 Å². The van der Waals surface area contributed by atoms with Crippen LogP contribution in [0.1, 0.15) is 57.2 Å². The third kappa shape index (κ3) is 6.13. The lowest BCUT2D eigenvalue weighted by atomic mass is 9.86. The number of piperidine rings is 1. The zero-order chi connectivity index (χ0) is 25.3. The van der Waals surface area contributed by atoms with Crippen molar-refractivity contribution in [3.63, 3.8) is 0 Å². The predicted molar refractivity (Wildman–Crippen MR) is 154 cm³/mol. The highest BCUT2D eigenvalue weighted by atomic mass is 35.5. The summed E-state index contributed by atoms with van der Waals surface area (Å²) in [6, 6.07) is 14.8. The van der Waals surface area contributed by atoms with Gasteiger partial charge in [-0.25, -0.2) is 14.1 Å². The number of carboxylic acid groups (broad SMARTS) is 1. The number of benzene rings is 2. The number of hydrogen-bond donors (Lipinski definition) is 2. The number of quaternary nitrogens is 1. The van der Waals surface area contributed by atoms with Gasteiger partial charge in [-0.3, -0.25) is 4.90 Å². The molecule has 0 spiro atoms. The molecule has 0 bridgehead atoms. The zero-order valence-electron chi connectivity index (χ0n) is 22.2. The SMILES string of the molecule is CCN(C(=O)O)C1C[C@H](C)[N@+](C)(C(C)=O)c2ccc(-c3ccc(CN4CCC(N)CC4)cc3)cc21.Cl.Cl. The molecule has 204 valence electrons. The summed E-state index contributed by atoms with van der Waals surface area (Å²) in [7, 11) is 1.95. The molecule has 2 amide bonds. The van der Waals surface area contributed by atoms with E-state index >= 15 is 0 Å². The van der Waals surface area contributed by atoms with Gasteiger partial charge in [-0.05, 0) is 68.6 Å². The van der Waals surface area contributed by atoms with Gasteiger partial charge in [0, 0.05) is 37.2 Å². The molecule has 1 fully saturated rings. The van der Waals surface area contributed by atoms with Gasteiger partial charge in [0.05, 0.1) is 26.1 Å². The monoisotopic (exact) mass is 551 g/mol. The minimum absolute atomic E-state index is 0. The van der Waals surface area contributed by atoms with Gasteiger partial charge in [0.1, 0.15) is 5.69 Å². The van der Waals surface area contributed by atoms with Crippen molar-refractivity contribution in [1.29, 1.82) is 0 Å². The number of carbonyl (C=O) groups is 2. The summed E-state index contributed by atoms with van der Waals surface area (Å²) in [6.07, 6.45) is 1.78. The van der Waals surface area contributed by atoms with Gasteiger partial charge in [0.15, 0.2) is 0 Å². The van der Waals surface area contributed by atoms with Gasteiger partial charge < -0.3 is 15.7 Å². The predicted octanol–water partition coefficient (Wildman–Crippen LogP) is 5.44. The molecule has 3 N–H and O–H groups in total. The second kappa shape index (κ2) is 12.6. The average molecular weight is 553 g/mol. The van der Waals surface area contributed by atoms with E-state index in [1.165, 1.54) is 10.5 Å². The van der Waals surface area contributed by atoms with E-state index in [9.17, 15) is 14.7 Å². The van der Waals surface area contributed by atoms with Crippen LogP contribution in [-0.2, 0) is 11.3 Å². The van der Waals surface area contributed by atoms with Gasteiger partial charge in [-0.2, -0.15) is 0 Å². The Morgan fingerprint density at radius 2 is 1.68 bits per heavy atom. The van der Waals surface area contributed by atoms with Crippen molar-refractivity contribution in [2.45, 2.75) is 64.7 Å². The number of nitrogens with zero attached hydrogens (tertiary/aromatic N) is 3. The number of fused-ring (bicyclic) bond motifs is 1. The Hall–Kier alpha value is -2.16. The fourth-order valence-corrected chi connectivity index (χ4v) is 5.76. The normalized spacial score (nSPS) is 23.8. The van der Waals surface area contributed by atoms with E-state index in [2.05, 4.69) is 41.3 Å². The molecule has 2 aromatic carbocycles. The molecule has 1 saturated heterocycles. The van der Waals surface area contributed by atoms with E-state index in [1.807, 2.05) is 27.0 Å². The van der Waals surface area contributed by atoms with Gasteiger partial charge >= 0.3 is 12.0 Å². The van der Waals surface area contributed by atoms with E-state index < -0.39 is 6.09 Å². The molecule has 9 heteroatoms. The lowest BCUT2D eigenvalue weighted by Crippen LogP contribution is -2.60. The third-order valence-corrected chi connectivity index (χ3v) is 8.28. The third-order valence-electron chi connectivity index (χ3n) is 8.28. The number of hydrogen-bond acceptors (Lipinski definition) is 4. The lowest BCUT2D eigenvalue weighted by Gasteiger charge is -2.45. The molecule has 0 aromatic heterocycles. The van der Waals surface area contributed by atoms with Crippen LogP contribution in [0.15, 0.2) is 42.5 Å². The lowest BCUT2D eigenvalue weighted by molar-refractivity contribution is -0.129. The van der Waals surface area contributed by atoms with Crippen molar-refractivity contribution in [2.75, 3.05) is 26.7 Å². The smallest absolute Gasteiger partial charge is 0.407 e. The van der Waals surface area contributed by atoms with Gasteiger partial charge in [-0.1, -0.05) is 24.3 Å². The average Bonchev–Trinajstić information content (AvgIpc) is 2.84. The molecular formula is C28H41Cl2N4O3+. The van der Waals surface area contributed by atoms with Gasteiger partial charge in [0.25, 0.3) is 0 Å². The number of nitrogens with two attached hydrogens (primary N) is 1. The Morgan fingerprint density at radius 3 is 2.22 bits per heavy atom. The summed E-state index contributed by atoms with van der Waals surface area (Å²) >= 11 is 0. The summed E-state index contributed by atoms with van der Waals surface area (Å²) in [4.78, 5) is 28.8. The summed E-state index contributed by atoms with van der Waals surface area (Å²) in [5, 5.41) is 9.89. The maximum atomic E-state index is 12.8. The van der Waals surface area contributed by atoms with Crippen molar-refractivity contribution in [2.24, 2.45) is 5.73 Å². The molecule has 0 radical (unpaired) electrons. The standard InChI is InChI=1S/C28H38N4O3.2ClH/c1-5-31(28(34)35)26-16-19(2)32(4,20(3)33)27-11-10-23(17-25(26)27)22-8-6-21(7-9-22)18-30-14-12-24(29)13-15-30;;/h6-11,17,19,24,26H,5,12-16,18,29H2,1-4H3;2*1H/p+1/t19-,26?,32+;;/m0../s1. The van der Waals surface area contributed by atoms with Crippen molar-refractivity contribution >= 4 is 42.5 Å². The van der Waals surface area contributed by atoms with Crippen molar-refractivity contribution in [1.82, 2.24) is 14.3 Å². The summed E-state index contributed by atoms with van der Waals surface area (Å²) < 4.78 is 0.182. The van der Waals surface area contributed by atoms with Crippen LogP contribution in [0.3, 0.4) is 0 Å². The molecule has 2 heterocycles. The minimum Gasteiger partial charge on any atom is -0.465 e. The van der Waals surface area contributed by atoms with Gasteiger partial charge in [0.2, 0.25) is 0 Å². The highest BCUT2D eigenvalue weighted by molar-refractivity contribution is 5.89. The van der Waals surface area contributed by atoms with Gasteiger partial charge in [-0.15, -0.1) is 24.8 Å². The van der Waals surface area contributed by atoms with Crippen molar-refractivity contribution in [3.8, 4) is 11.1 Å². The molecule has 4 rings (SSSR count). The summed E-state index contributed by atoms with van der Waals surface area (Å²) in [5.41, 5.74) is 11.3. The van der Waals surface area contributed by atoms with Crippen LogP contribution in [0.5, 0.6) is 0 Å². The zero-order valence-corrected chi connectivity index (χ0v) is 23.9. The highest BCUT2D eigenvalue weighted by Gasteiger charge is 2.47. The van der Waals surface area contributed by atoms with E-state index in [0.29, 0.717) is 19.0 Å². The molecule has 1 unspecified atom stereocenters. The number of likely N-dealkylation sites (tertiary alicyclic amines) is 1. The van der Waals surface area contributed by atoms with E-state index in [4.69, 9.17) is 5.73 Å². The Bertz CT molecular complexity index is 1090.